The molecule has 0 fully saturated rings. The van der Waals surface area contributed by atoms with Gasteiger partial charge in [-0.15, -0.1) is 22.7 Å². The van der Waals surface area contributed by atoms with Crippen LogP contribution in [0.3, 0.4) is 0 Å². The number of phenols is 2. The monoisotopic (exact) mass is 818 g/mol. The minimum absolute atomic E-state index is 0.0336. The number of halogens is 2. The number of methoxy groups -OCH3 is 1. The van der Waals surface area contributed by atoms with Crippen molar-refractivity contribution < 1.29 is 62.3 Å². The number of carboxylic acids is 1. The van der Waals surface area contributed by atoms with Crippen LogP contribution in [0.25, 0.3) is 0 Å². The number of alkyl carbamates (subject to hydrolysis) is 1. The van der Waals surface area contributed by atoms with Crippen LogP contribution in [-0.2, 0) is 27.4 Å². The maximum absolute atomic E-state index is 13.2. The molecule has 56 heavy (non-hydrogen) atoms. The number of aromatic hydroxyl groups is 2. The van der Waals surface area contributed by atoms with E-state index in [1.54, 1.807) is 34.6 Å². The quantitative estimate of drug-likeness (QED) is 0.0924. The lowest BCUT2D eigenvalue weighted by molar-refractivity contribution is -0.142. The zero-order valence-corrected chi connectivity index (χ0v) is 32.6. The Morgan fingerprint density at radius 1 is 0.732 bits per heavy atom. The SMILES string of the molecule is COC(=O)[C@H](CNC(=O)OC(C)(C)C)NC(=O)c1sc(C(=O)NCc2ccc(F)c(O)c2)cc1C.Cc1cc(C(=O)NCc2ccc(F)c(O)c2)sc1C(=O)O. The van der Waals surface area contributed by atoms with E-state index in [1.165, 1.54) is 36.4 Å². The summed E-state index contributed by atoms with van der Waals surface area (Å²) in [5.74, 6) is -5.87. The van der Waals surface area contributed by atoms with E-state index in [4.69, 9.17) is 14.6 Å². The number of hydrogen-bond donors (Lipinski definition) is 7. The van der Waals surface area contributed by atoms with E-state index in [2.05, 4.69) is 21.3 Å². The minimum Gasteiger partial charge on any atom is -0.505 e. The highest BCUT2D eigenvalue weighted by Gasteiger charge is 2.27. The molecule has 0 aliphatic heterocycles. The molecule has 0 unspecified atom stereocenters. The van der Waals surface area contributed by atoms with Crippen molar-refractivity contribution in [3.63, 3.8) is 0 Å². The normalized spacial score (nSPS) is 11.3. The first-order valence-electron chi connectivity index (χ1n) is 16.5. The van der Waals surface area contributed by atoms with Crippen molar-refractivity contribution in [3.05, 3.63) is 102 Å². The lowest BCUT2D eigenvalue weighted by Crippen LogP contribution is -2.49. The maximum atomic E-state index is 13.2. The summed E-state index contributed by atoms with van der Waals surface area (Å²) in [6.07, 6.45) is -0.763. The van der Waals surface area contributed by atoms with Crippen LogP contribution in [0.1, 0.15) is 81.7 Å². The number of carboxylic acid groups (broad SMARTS) is 1. The number of benzene rings is 2. The van der Waals surface area contributed by atoms with Gasteiger partial charge in [-0.25, -0.2) is 23.2 Å². The molecule has 0 saturated heterocycles. The predicted octanol–water partition coefficient (Wildman–Crippen LogP) is 5.16. The van der Waals surface area contributed by atoms with Gasteiger partial charge in [0.2, 0.25) is 0 Å². The third kappa shape index (κ3) is 13.0. The van der Waals surface area contributed by atoms with Gasteiger partial charge < -0.3 is 46.1 Å². The molecule has 0 bridgehead atoms. The number of aromatic carboxylic acids is 1. The maximum Gasteiger partial charge on any atom is 0.407 e. The number of carbonyl (C=O) groups excluding carboxylic acids is 5. The first-order valence-corrected chi connectivity index (χ1v) is 18.1. The Morgan fingerprint density at radius 2 is 1.20 bits per heavy atom. The highest BCUT2D eigenvalue weighted by Crippen LogP contribution is 2.24. The number of carbonyl (C=O) groups is 6. The Kier molecular flexibility index (Phi) is 15.4. The number of rotatable bonds is 12. The van der Waals surface area contributed by atoms with Crippen LogP contribution in [0.2, 0.25) is 0 Å². The predicted molar refractivity (Wildman–Crippen MR) is 201 cm³/mol. The summed E-state index contributed by atoms with van der Waals surface area (Å²) >= 11 is 1.81. The van der Waals surface area contributed by atoms with Gasteiger partial charge in [-0.1, -0.05) is 12.1 Å². The highest BCUT2D eigenvalue weighted by molar-refractivity contribution is 7.16. The summed E-state index contributed by atoms with van der Waals surface area (Å²) < 4.78 is 35.9. The molecule has 1 atom stereocenters. The number of nitrogens with one attached hydrogen (secondary N) is 4. The molecule has 2 aromatic heterocycles. The summed E-state index contributed by atoms with van der Waals surface area (Å²) in [7, 11) is 1.15. The second-order valence-electron chi connectivity index (χ2n) is 12.9. The molecule has 0 spiro atoms. The van der Waals surface area contributed by atoms with Crippen molar-refractivity contribution in [2.75, 3.05) is 13.7 Å². The van der Waals surface area contributed by atoms with Crippen LogP contribution >= 0.6 is 22.7 Å². The fraction of sp³-hybridized carbons (Fsp3) is 0.297. The van der Waals surface area contributed by atoms with E-state index in [0.717, 1.165) is 41.9 Å². The first kappa shape index (κ1) is 44.3. The number of esters is 1. The molecule has 0 saturated carbocycles. The molecule has 4 amide bonds. The number of thiophene rings is 2. The van der Waals surface area contributed by atoms with E-state index in [9.17, 15) is 47.8 Å². The standard InChI is InChI=1S/C23H28FN3O7S.C14H12FNO4S/c1-12-8-17(19(29)25-10-13-6-7-14(24)16(28)9-13)35-18(12)20(30)27-15(21(31)33-5)11-26-22(32)34-23(2,3)4;1-7-4-11(21-12(7)14(19)20)13(18)16-6-8-2-3-9(15)10(17)5-8/h6-9,15,28H,10-11H2,1-5H3,(H,25,29)(H,26,32)(H,27,30);2-5,17H,6H2,1H3,(H,16,18)(H,19,20)/t15-;/m0./s1. The van der Waals surface area contributed by atoms with Crippen LogP contribution in [0.5, 0.6) is 11.5 Å². The van der Waals surface area contributed by atoms with Crippen LogP contribution in [0, 0.1) is 25.5 Å². The van der Waals surface area contributed by atoms with Gasteiger partial charge in [-0.05, 0) is 93.3 Å². The molecule has 2 heterocycles. The molecule has 0 radical (unpaired) electrons. The Hall–Kier alpha value is -6.08. The molecule has 300 valence electrons. The fourth-order valence-electron chi connectivity index (χ4n) is 4.56. The molecule has 15 nitrogen and oxygen atoms in total. The van der Waals surface area contributed by atoms with Gasteiger partial charge >= 0.3 is 18.0 Å². The molecular formula is C37H40F2N4O11S2. The van der Waals surface area contributed by atoms with Crippen LogP contribution in [0.4, 0.5) is 13.6 Å². The van der Waals surface area contributed by atoms with Crippen LogP contribution < -0.4 is 21.3 Å². The lowest BCUT2D eigenvalue weighted by atomic mass is 10.2. The molecular weight excluding hydrogens is 779 g/mol. The summed E-state index contributed by atoms with van der Waals surface area (Å²) in [4.78, 5) is 73.0. The van der Waals surface area contributed by atoms with Gasteiger partial charge in [0.1, 0.15) is 16.5 Å². The zero-order valence-electron chi connectivity index (χ0n) is 31.0. The van der Waals surface area contributed by atoms with E-state index >= 15 is 0 Å². The number of aryl methyl sites for hydroxylation is 2. The van der Waals surface area contributed by atoms with Gasteiger partial charge in [0.15, 0.2) is 23.1 Å². The Balaban J connectivity index is 0.000000340. The van der Waals surface area contributed by atoms with Crippen molar-refractivity contribution in [3.8, 4) is 11.5 Å². The molecule has 0 aliphatic rings. The van der Waals surface area contributed by atoms with Gasteiger partial charge in [0.05, 0.1) is 28.3 Å². The van der Waals surface area contributed by atoms with Crippen LogP contribution in [-0.4, -0.2) is 76.4 Å². The minimum atomic E-state index is -1.19. The molecule has 4 rings (SSSR count). The van der Waals surface area contributed by atoms with E-state index < -0.39 is 70.5 Å². The van der Waals surface area contributed by atoms with Crippen molar-refractivity contribution in [2.24, 2.45) is 0 Å². The molecule has 4 aromatic rings. The van der Waals surface area contributed by atoms with Crippen LogP contribution in [0.15, 0.2) is 48.5 Å². The topological polar surface area (TPSA) is 230 Å². The number of phenolic OH excluding ortho intramolecular Hbond substituents is 2. The average molecular weight is 819 g/mol. The fourth-order valence-corrected chi connectivity index (χ4v) is 6.48. The summed E-state index contributed by atoms with van der Waals surface area (Å²) in [6.45, 7) is 8.17. The van der Waals surface area contributed by atoms with Crippen molar-refractivity contribution in [2.45, 2.75) is 59.4 Å². The van der Waals surface area contributed by atoms with Crippen molar-refractivity contribution in [1.29, 1.82) is 0 Å². The van der Waals surface area contributed by atoms with Gasteiger partial charge in [-0.3, -0.25) is 14.4 Å². The van der Waals surface area contributed by atoms with Gasteiger partial charge in [-0.2, -0.15) is 0 Å². The second-order valence-corrected chi connectivity index (χ2v) is 15.0. The third-order valence-corrected chi connectivity index (χ3v) is 9.71. The molecule has 2 aromatic carbocycles. The Bertz CT molecular complexity index is 2110. The Morgan fingerprint density at radius 3 is 1.61 bits per heavy atom. The third-order valence-electron chi connectivity index (χ3n) is 7.25. The van der Waals surface area contributed by atoms with Crippen molar-refractivity contribution in [1.82, 2.24) is 21.3 Å². The summed E-state index contributed by atoms with van der Waals surface area (Å²) in [6, 6.07) is 9.31. The second kappa shape index (κ2) is 19.5. The van der Waals surface area contributed by atoms with E-state index in [1.807, 2.05) is 0 Å². The number of ether oxygens (including phenoxy) is 2. The van der Waals surface area contributed by atoms with Gasteiger partial charge in [0, 0.05) is 13.1 Å². The number of hydrogen-bond acceptors (Lipinski definition) is 12. The first-order chi connectivity index (χ1) is 26.2. The average Bonchev–Trinajstić information content (AvgIpc) is 3.72. The largest absolute Gasteiger partial charge is 0.505 e. The zero-order chi connectivity index (χ0) is 41.9. The smallest absolute Gasteiger partial charge is 0.407 e. The highest BCUT2D eigenvalue weighted by atomic mass is 32.1. The lowest BCUT2D eigenvalue weighted by Gasteiger charge is -2.21. The van der Waals surface area contributed by atoms with E-state index in [-0.39, 0.29) is 39.1 Å². The van der Waals surface area contributed by atoms with Gasteiger partial charge in [0.25, 0.3) is 17.7 Å². The van der Waals surface area contributed by atoms with E-state index in [0.29, 0.717) is 22.3 Å². The Labute approximate surface area is 327 Å². The summed E-state index contributed by atoms with van der Waals surface area (Å²) in [5, 5.41) is 37.7. The molecule has 19 heteroatoms. The van der Waals surface area contributed by atoms with Crippen molar-refractivity contribution >= 4 is 58.4 Å². The summed E-state index contributed by atoms with van der Waals surface area (Å²) in [5.41, 5.74) is 1.31. The molecule has 0 aliphatic carbocycles. The molecule has 7 N–H and O–H groups in total. The number of amides is 4.